The molecule has 1 aromatic heterocycles. The molecular formula is C18H22N4O3S. The maximum absolute atomic E-state index is 12.5. The zero-order chi connectivity index (χ0) is 18.7. The van der Waals surface area contributed by atoms with Crippen molar-refractivity contribution in [2.45, 2.75) is 32.4 Å². The molecule has 1 amide bonds. The number of rotatable bonds is 5. The lowest BCUT2D eigenvalue weighted by atomic mass is 10.1. The maximum atomic E-state index is 12.5. The molecule has 26 heavy (non-hydrogen) atoms. The number of aromatic nitrogens is 2. The first-order chi connectivity index (χ1) is 12.3. The van der Waals surface area contributed by atoms with Gasteiger partial charge >= 0.3 is 0 Å². The van der Waals surface area contributed by atoms with Crippen LogP contribution in [0.5, 0.6) is 0 Å². The number of anilines is 1. The van der Waals surface area contributed by atoms with Crippen molar-refractivity contribution >= 4 is 21.6 Å². The van der Waals surface area contributed by atoms with Crippen LogP contribution in [-0.4, -0.2) is 41.8 Å². The standard InChI is InChI=1S/C18H22N4O3S/c1-12(14-6-4-3-5-7-14)19-18(23)16-10-17(21-13(2)20-16)22-15-8-9-26(24,25)11-15/h3-7,10,12,15H,8-9,11H2,1-2H3,(H,19,23)(H,20,21,22). The van der Waals surface area contributed by atoms with Crippen LogP contribution in [0.2, 0.25) is 0 Å². The number of hydrogen-bond donors (Lipinski definition) is 2. The van der Waals surface area contributed by atoms with Crippen LogP contribution < -0.4 is 10.6 Å². The Labute approximate surface area is 153 Å². The summed E-state index contributed by atoms with van der Waals surface area (Å²) in [5, 5.41) is 6.03. The molecule has 1 aromatic carbocycles. The molecule has 138 valence electrons. The molecule has 0 spiro atoms. The number of sulfone groups is 1. The molecule has 2 N–H and O–H groups in total. The van der Waals surface area contributed by atoms with Crippen molar-refractivity contribution in [3.63, 3.8) is 0 Å². The number of carbonyl (C=O) groups is 1. The van der Waals surface area contributed by atoms with Crippen molar-refractivity contribution in [3.8, 4) is 0 Å². The van der Waals surface area contributed by atoms with Gasteiger partial charge in [0, 0.05) is 12.1 Å². The van der Waals surface area contributed by atoms with E-state index in [0.29, 0.717) is 18.1 Å². The zero-order valence-electron chi connectivity index (χ0n) is 14.8. The molecule has 1 fully saturated rings. The van der Waals surface area contributed by atoms with Crippen molar-refractivity contribution in [2.24, 2.45) is 0 Å². The van der Waals surface area contributed by atoms with Gasteiger partial charge in [0.15, 0.2) is 9.84 Å². The van der Waals surface area contributed by atoms with E-state index in [9.17, 15) is 13.2 Å². The van der Waals surface area contributed by atoms with Crippen LogP contribution in [0.4, 0.5) is 5.82 Å². The summed E-state index contributed by atoms with van der Waals surface area (Å²) < 4.78 is 23.2. The first-order valence-electron chi connectivity index (χ1n) is 8.51. The van der Waals surface area contributed by atoms with Gasteiger partial charge in [0.2, 0.25) is 0 Å². The fourth-order valence-electron chi connectivity index (χ4n) is 2.97. The molecule has 0 radical (unpaired) electrons. The number of benzene rings is 1. The van der Waals surface area contributed by atoms with Crippen molar-refractivity contribution in [2.75, 3.05) is 16.8 Å². The minimum Gasteiger partial charge on any atom is -0.366 e. The second kappa shape index (κ2) is 7.41. The lowest BCUT2D eigenvalue weighted by molar-refractivity contribution is 0.0934. The summed E-state index contributed by atoms with van der Waals surface area (Å²) in [6.45, 7) is 3.61. The fourth-order valence-corrected chi connectivity index (χ4v) is 4.64. The number of carbonyl (C=O) groups excluding carboxylic acids is 1. The summed E-state index contributed by atoms with van der Waals surface area (Å²) in [4.78, 5) is 21.0. The number of nitrogens with zero attached hydrogens (tertiary/aromatic N) is 2. The number of amides is 1. The first-order valence-corrected chi connectivity index (χ1v) is 10.3. The van der Waals surface area contributed by atoms with E-state index in [-0.39, 0.29) is 35.2 Å². The molecule has 3 rings (SSSR count). The topological polar surface area (TPSA) is 101 Å². The smallest absolute Gasteiger partial charge is 0.270 e. The summed E-state index contributed by atoms with van der Waals surface area (Å²) in [6, 6.07) is 10.9. The molecule has 0 saturated carbocycles. The van der Waals surface area contributed by atoms with Gasteiger partial charge in [-0.05, 0) is 25.8 Å². The highest BCUT2D eigenvalue weighted by Gasteiger charge is 2.28. The summed E-state index contributed by atoms with van der Waals surface area (Å²) >= 11 is 0. The summed E-state index contributed by atoms with van der Waals surface area (Å²) in [6.07, 6.45) is 0.540. The van der Waals surface area contributed by atoms with Gasteiger partial charge in [-0.25, -0.2) is 18.4 Å². The van der Waals surface area contributed by atoms with E-state index in [1.807, 2.05) is 37.3 Å². The molecule has 0 bridgehead atoms. The van der Waals surface area contributed by atoms with Gasteiger partial charge in [-0.3, -0.25) is 4.79 Å². The predicted molar refractivity (Wildman–Crippen MR) is 99.8 cm³/mol. The first kappa shape index (κ1) is 18.3. The van der Waals surface area contributed by atoms with E-state index in [1.54, 1.807) is 13.0 Å². The van der Waals surface area contributed by atoms with Crippen LogP contribution in [-0.2, 0) is 9.84 Å². The second-order valence-electron chi connectivity index (χ2n) is 6.54. The highest BCUT2D eigenvalue weighted by molar-refractivity contribution is 7.91. The Morgan fingerprint density at radius 1 is 1.23 bits per heavy atom. The highest BCUT2D eigenvalue weighted by atomic mass is 32.2. The third-order valence-corrected chi connectivity index (χ3v) is 6.07. The molecule has 8 heteroatoms. The molecule has 2 atom stereocenters. The molecule has 2 aromatic rings. The van der Waals surface area contributed by atoms with E-state index >= 15 is 0 Å². The number of aryl methyl sites for hydroxylation is 1. The lowest BCUT2D eigenvalue weighted by Crippen LogP contribution is -2.28. The molecule has 7 nitrogen and oxygen atoms in total. The van der Waals surface area contributed by atoms with Crippen molar-refractivity contribution in [3.05, 3.63) is 53.5 Å². The van der Waals surface area contributed by atoms with Crippen LogP contribution in [0, 0.1) is 6.92 Å². The molecule has 0 aliphatic carbocycles. The fraction of sp³-hybridized carbons (Fsp3) is 0.389. The Morgan fingerprint density at radius 3 is 2.62 bits per heavy atom. The van der Waals surface area contributed by atoms with Crippen LogP contribution >= 0.6 is 0 Å². The molecule has 1 aliphatic heterocycles. The average Bonchev–Trinajstić information content (AvgIpc) is 2.93. The Bertz CT molecular complexity index is 900. The summed E-state index contributed by atoms with van der Waals surface area (Å²) in [7, 11) is -2.98. The number of hydrogen-bond acceptors (Lipinski definition) is 6. The minimum absolute atomic E-state index is 0.0859. The molecule has 1 saturated heterocycles. The largest absolute Gasteiger partial charge is 0.366 e. The molecule has 2 unspecified atom stereocenters. The highest BCUT2D eigenvalue weighted by Crippen LogP contribution is 2.18. The maximum Gasteiger partial charge on any atom is 0.270 e. The quantitative estimate of drug-likeness (QED) is 0.829. The van der Waals surface area contributed by atoms with Gasteiger partial charge in [0.25, 0.3) is 5.91 Å². The van der Waals surface area contributed by atoms with E-state index < -0.39 is 9.84 Å². The average molecular weight is 374 g/mol. The van der Waals surface area contributed by atoms with E-state index in [4.69, 9.17) is 0 Å². The Morgan fingerprint density at radius 2 is 1.96 bits per heavy atom. The number of nitrogens with one attached hydrogen (secondary N) is 2. The van der Waals surface area contributed by atoms with Crippen molar-refractivity contribution < 1.29 is 13.2 Å². The van der Waals surface area contributed by atoms with Gasteiger partial charge in [0.05, 0.1) is 17.5 Å². The SMILES string of the molecule is Cc1nc(NC2CCS(=O)(=O)C2)cc(C(=O)NC(C)c2ccccc2)n1. The van der Waals surface area contributed by atoms with Gasteiger partial charge in [-0.2, -0.15) is 0 Å². The Balaban J connectivity index is 1.71. The van der Waals surface area contributed by atoms with Crippen molar-refractivity contribution in [1.29, 1.82) is 0 Å². The van der Waals surface area contributed by atoms with Crippen LogP contribution in [0.15, 0.2) is 36.4 Å². The predicted octanol–water partition coefficient (Wildman–Crippen LogP) is 1.88. The summed E-state index contributed by atoms with van der Waals surface area (Å²) in [5.74, 6) is 0.888. The van der Waals surface area contributed by atoms with Crippen LogP contribution in [0.25, 0.3) is 0 Å². The second-order valence-corrected chi connectivity index (χ2v) is 8.76. The molecular weight excluding hydrogens is 352 g/mol. The Kier molecular flexibility index (Phi) is 5.22. The minimum atomic E-state index is -2.98. The third kappa shape index (κ3) is 4.57. The van der Waals surface area contributed by atoms with Crippen LogP contribution in [0.3, 0.4) is 0 Å². The lowest BCUT2D eigenvalue weighted by Gasteiger charge is -2.16. The Hall–Kier alpha value is -2.48. The van der Waals surface area contributed by atoms with Crippen molar-refractivity contribution in [1.82, 2.24) is 15.3 Å². The monoisotopic (exact) mass is 374 g/mol. The third-order valence-electron chi connectivity index (χ3n) is 4.30. The van der Waals surface area contributed by atoms with Gasteiger partial charge in [-0.1, -0.05) is 30.3 Å². The van der Waals surface area contributed by atoms with E-state index in [2.05, 4.69) is 20.6 Å². The zero-order valence-corrected chi connectivity index (χ0v) is 15.6. The van der Waals surface area contributed by atoms with Gasteiger partial charge in [0.1, 0.15) is 17.3 Å². The summed E-state index contributed by atoms with van der Waals surface area (Å²) in [5.41, 5.74) is 1.25. The van der Waals surface area contributed by atoms with Crippen LogP contribution in [0.1, 0.15) is 41.3 Å². The van der Waals surface area contributed by atoms with Gasteiger partial charge < -0.3 is 10.6 Å². The molecule has 1 aliphatic rings. The van der Waals surface area contributed by atoms with E-state index in [0.717, 1.165) is 5.56 Å². The van der Waals surface area contributed by atoms with Gasteiger partial charge in [-0.15, -0.1) is 0 Å². The molecule has 2 heterocycles. The normalized spacial score (nSPS) is 19.7. The van der Waals surface area contributed by atoms with E-state index in [1.165, 1.54) is 0 Å².